The predicted molar refractivity (Wildman–Crippen MR) is 86.8 cm³/mol. The summed E-state index contributed by atoms with van der Waals surface area (Å²) in [7, 11) is 0. The summed E-state index contributed by atoms with van der Waals surface area (Å²) >= 11 is 3.54. The van der Waals surface area contributed by atoms with E-state index in [-0.39, 0.29) is 6.10 Å². The third-order valence-corrected chi connectivity index (χ3v) is 3.28. The van der Waals surface area contributed by atoms with E-state index < -0.39 is 0 Å². The highest BCUT2D eigenvalue weighted by Crippen LogP contribution is 2.26. The third kappa shape index (κ3) is 4.54. The standard InChI is InChI=1S/C16H19BrN2O/c1-12(2)20-16-9-8-13(10-15(16)17)11-18-19-14-6-4-3-5-7-14/h3-10,12,18-19H,11H2,1-2H3. The van der Waals surface area contributed by atoms with Crippen LogP contribution in [-0.4, -0.2) is 6.10 Å². The van der Waals surface area contributed by atoms with Crippen LogP contribution in [0.25, 0.3) is 0 Å². The Bertz CT molecular complexity index is 543. The van der Waals surface area contributed by atoms with Crippen molar-refractivity contribution in [3.63, 3.8) is 0 Å². The van der Waals surface area contributed by atoms with Crippen molar-refractivity contribution in [2.45, 2.75) is 26.5 Å². The van der Waals surface area contributed by atoms with Gasteiger partial charge in [0, 0.05) is 12.2 Å². The van der Waals surface area contributed by atoms with Gasteiger partial charge in [-0.25, -0.2) is 5.43 Å². The third-order valence-electron chi connectivity index (χ3n) is 2.66. The van der Waals surface area contributed by atoms with Crippen molar-refractivity contribution in [1.82, 2.24) is 5.43 Å². The van der Waals surface area contributed by atoms with E-state index in [2.05, 4.69) is 38.9 Å². The van der Waals surface area contributed by atoms with Gasteiger partial charge in [-0.1, -0.05) is 24.3 Å². The van der Waals surface area contributed by atoms with Crippen molar-refractivity contribution in [2.24, 2.45) is 0 Å². The van der Waals surface area contributed by atoms with Crippen LogP contribution in [0.4, 0.5) is 5.69 Å². The molecule has 0 heterocycles. The average Bonchev–Trinajstić information content (AvgIpc) is 2.43. The summed E-state index contributed by atoms with van der Waals surface area (Å²) in [5.74, 6) is 0.875. The number of anilines is 1. The Morgan fingerprint density at radius 1 is 1.10 bits per heavy atom. The summed E-state index contributed by atoms with van der Waals surface area (Å²) < 4.78 is 6.67. The molecule has 0 atom stereocenters. The van der Waals surface area contributed by atoms with Gasteiger partial charge in [0.15, 0.2) is 0 Å². The minimum atomic E-state index is 0.176. The summed E-state index contributed by atoms with van der Waals surface area (Å²) in [5, 5.41) is 0. The molecule has 0 amide bonds. The van der Waals surface area contributed by atoms with Gasteiger partial charge < -0.3 is 10.2 Å². The molecule has 0 aromatic heterocycles. The number of para-hydroxylation sites is 1. The fraction of sp³-hybridized carbons (Fsp3) is 0.250. The van der Waals surface area contributed by atoms with Gasteiger partial charge in [-0.15, -0.1) is 0 Å². The maximum Gasteiger partial charge on any atom is 0.133 e. The summed E-state index contributed by atoms with van der Waals surface area (Å²) in [5.41, 5.74) is 8.58. The van der Waals surface area contributed by atoms with Gasteiger partial charge >= 0.3 is 0 Å². The minimum absolute atomic E-state index is 0.176. The van der Waals surface area contributed by atoms with Crippen LogP contribution in [0.3, 0.4) is 0 Å². The summed E-state index contributed by atoms with van der Waals surface area (Å²) in [6, 6.07) is 16.1. The molecule has 0 radical (unpaired) electrons. The highest BCUT2D eigenvalue weighted by molar-refractivity contribution is 9.10. The van der Waals surface area contributed by atoms with Crippen molar-refractivity contribution in [3.8, 4) is 5.75 Å². The second-order valence-electron chi connectivity index (χ2n) is 4.78. The van der Waals surface area contributed by atoms with E-state index in [1.807, 2.05) is 50.2 Å². The van der Waals surface area contributed by atoms with Crippen molar-refractivity contribution in [3.05, 3.63) is 58.6 Å². The Balaban J connectivity index is 1.89. The van der Waals surface area contributed by atoms with E-state index in [9.17, 15) is 0 Å². The van der Waals surface area contributed by atoms with E-state index in [0.717, 1.165) is 22.5 Å². The van der Waals surface area contributed by atoms with Crippen LogP contribution < -0.4 is 15.6 Å². The molecule has 2 aromatic carbocycles. The topological polar surface area (TPSA) is 33.3 Å². The summed E-state index contributed by atoms with van der Waals surface area (Å²) in [6.45, 7) is 4.77. The number of rotatable bonds is 6. The average molecular weight is 335 g/mol. The first kappa shape index (κ1) is 14.9. The SMILES string of the molecule is CC(C)Oc1ccc(CNNc2ccccc2)cc1Br. The zero-order chi connectivity index (χ0) is 14.4. The molecule has 0 saturated carbocycles. The number of ether oxygens (including phenoxy) is 1. The van der Waals surface area contributed by atoms with Crippen LogP contribution in [0, 0.1) is 0 Å². The molecule has 0 bridgehead atoms. The quantitative estimate of drug-likeness (QED) is 0.770. The Morgan fingerprint density at radius 3 is 2.50 bits per heavy atom. The van der Waals surface area contributed by atoms with Gasteiger partial charge in [-0.2, -0.15) is 0 Å². The number of nitrogens with one attached hydrogen (secondary N) is 2. The van der Waals surface area contributed by atoms with Crippen molar-refractivity contribution < 1.29 is 4.74 Å². The van der Waals surface area contributed by atoms with Crippen LogP contribution >= 0.6 is 15.9 Å². The zero-order valence-electron chi connectivity index (χ0n) is 11.7. The molecule has 3 nitrogen and oxygen atoms in total. The predicted octanol–water partition coefficient (Wildman–Crippen LogP) is 4.35. The van der Waals surface area contributed by atoms with E-state index in [4.69, 9.17) is 4.74 Å². The Morgan fingerprint density at radius 2 is 1.85 bits per heavy atom. The zero-order valence-corrected chi connectivity index (χ0v) is 13.3. The fourth-order valence-electron chi connectivity index (χ4n) is 1.77. The Kier molecular flexibility index (Phi) is 5.44. The first-order valence-electron chi connectivity index (χ1n) is 6.64. The minimum Gasteiger partial charge on any atom is -0.490 e. The monoisotopic (exact) mass is 334 g/mol. The van der Waals surface area contributed by atoms with E-state index in [1.165, 1.54) is 5.56 Å². The Labute approximate surface area is 128 Å². The Hall–Kier alpha value is -1.52. The number of hydrogen-bond acceptors (Lipinski definition) is 3. The fourth-order valence-corrected chi connectivity index (χ4v) is 2.29. The number of halogens is 1. The molecule has 2 N–H and O–H groups in total. The molecule has 0 spiro atoms. The highest BCUT2D eigenvalue weighted by atomic mass is 79.9. The molecular formula is C16H19BrN2O. The van der Waals surface area contributed by atoms with Crippen molar-refractivity contribution >= 4 is 21.6 Å². The lowest BCUT2D eigenvalue weighted by molar-refractivity contribution is 0.241. The van der Waals surface area contributed by atoms with Gasteiger partial charge in [0.25, 0.3) is 0 Å². The second-order valence-corrected chi connectivity index (χ2v) is 5.63. The summed E-state index contributed by atoms with van der Waals surface area (Å²) in [4.78, 5) is 0. The van der Waals surface area contributed by atoms with Crippen LogP contribution in [-0.2, 0) is 6.54 Å². The van der Waals surface area contributed by atoms with Crippen molar-refractivity contribution in [1.29, 1.82) is 0 Å². The first-order valence-corrected chi connectivity index (χ1v) is 7.43. The molecule has 0 aliphatic carbocycles. The molecule has 2 aromatic rings. The molecular weight excluding hydrogens is 316 g/mol. The highest BCUT2D eigenvalue weighted by Gasteiger charge is 2.04. The molecule has 106 valence electrons. The van der Waals surface area contributed by atoms with E-state index in [0.29, 0.717) is 0 Å². The van der Waals surface area contributed by atoms with Gasteiger partial charge in [0.2, 0.25) is 0 Å². The van der Waals surface area contributed by atoms with E-state index >= 15 is 0 Å². The molecule has 0 saturated heterocycles. The maximum absolute atomic E-state index is 5.69. The second kappa shape index (κ2) is 7.31. The van der Waals surface area contributed by atoms with Crippen LogP contribution in [0.1, 0.15) is 19.4 Å². The molecule has 4 heteroatoms. The van der Waals surface area contributed by atoms with Gasteiger partial charge in [-0.05, 0) is 59.6 Å². The van der Waals surface area contributed by atoms with Crippen LogP contribution in [0.2, 0.25) is 0 Å². The molecule has 0 aliphatic rings. The van der Waals surface area contributed by atoms with Crippen molar-refractivity contribution in [2.75, 3.05) is 5.43 Å². The molecule has 20 heavy (non-hydrogen) atoms. The lowest BCUT2D eigenvalue weighted by Gasteiger charge is -2.13. The number of benzene rings is 2. The maximum atomic E-state index is 5.69. The van der Waals surface area contributed by atoms with E-state index in [1.54, 1.807) is 0 Å². The number of hydrazine groups is 1. The molecule has 0 fully saturated rings. The lowest BCUT2D eigenvalue weighted by atomic mass is 10.2. The van der Waals surface area contributed by atoms with Gasteiger partial charge in [-0.3, -0.25) is 0 Å². The smallest absolute Gasteiger partial charge is 0.133 e. The van der Waals surface area contributed by atoms with Crippen LogP contribution in [0.5, 0.6) is 5.75 Å². The normalized spacial score (nSPS) is 10.6. The number of hydrogen-bond donors (Lipinski definition) is 2. The molecule has 0 unspecified atom stereocenters. The summed E-state index contributed by atoms with van der Waals surface area (Å²) in [6.07, 6.45) is 0.176. The van der Waals surface area contributed by atoms with Crippen LogP contribution in [0.15, 0.2) is 53.0 Å². The molecule has 0 aliphatic heterocycles. The lowest BCUT2D eigenvalue weighted by Crippen LogP contribution is -2.20. The van der Waals surface area contributed by atoms with Gasteiger partial charge in [0.05, 0.1) is 10.6 Å². The van der Waals surface area contributed by atoms with Gasteiger partial charge in [0.1, 0.15) is 5.75 Å². The first-order chi connectivity index (χ1) is 9.65. The largest absolute Gasteiger partial charge is 0.490 e. The molecule has 2 rings (SSSR count).